The van der Waals surface area contributed by atoms with E-state index in [4.69, 9.17) is 4.98 Å². The van der Waals surface area contributed by atoms with Crippen molar-refractivity contribution >= 4 is 70.3 Å². The van der Waals surface area contributed by atoms with Gasteiger partial charge in [0.05, 0.1) is 16.8 Å². The van der Waals surface area contributed by atoms with Crippen LogP contribution in [-0.4, -0.2) is 10.9 Å². The number of rotatable bonds is 3. The van der Waals surface area contributed by atoms with Gasteiger partial charge in [-0.05, 0) is 79.9 Å². The fourth-order valence-corrected chi connectivity index (χ4v) is 4.79. The molecule has 6 heteroatoms. The summed E-state index contributed by atoms with van der Waals surface area (Å²) in [5, 5.41) is 3.92. The molecule has 0 atom stereocenters. The second kappa shape index (κ2) is 8.85. The van der Waals surface area contributed by atoms with Crippen molar-refractivity contribution in [3.8, 4) is 11.3 Å². The molecule has 0 aliphatic carbocycles. The largest absolute Gasteiger partial charge is 0.322 e. The van der Waals surface area contributed by atoms with E-state index in [0.717, 1.165) is 58.0 Å². The number of benzene rings is 3. The Bertz CT molecular complexity index is 1330. The van der Waals surface area contributed by atoms with Gasteiger partial charge in [0.15, 0.2) is 0 Å². The lowest BCUT2D eigenvalue weighted by atomic mass is 10.0. The van der Waals surface area contributed by atoms with Gasteiger partial charge >= 0.3 is 0 Å². The summed E-state index contributed by atoms with van der Waals surface area (Å²) in [6.07, 6.45) is 0. The number of nitrogens with zero attached hydrogens (tertiary/aromatic N) is 1. The fraction of sp³-hybridized carbons (Fsp3) is 0.120. The van der Waals surface area contributed by atoms with Gasteiger partial charge in [-0.2, -0.15) is 0 Å². The van der Waals surface area contributed by atoms with Gasteiger partial charge in [-0.3, -0.25) is 4.79 Å². The lowest BCUT2D eigenvalue weighted by molar-refractivity contribution is 0.102. The van der Waals surface area contributed by atoms with Gasteiger partial charge in [-0.25, -0.2) is 4.98 Å². The van der Waals surface area contributed by atoms with Crippen molar-refractivity contribution < 1.29 is 4.79 Å². The lowest BCUT2D eigenvalue weighted by Crippen LogP contribution is -2.14. The first-order valence-corrected chi connectivity index (χ1v) is 12.1. The summed E-state index contributed by atoms with van der Waals surface area (Å²) in [5.74, 6) is -0.159. The third-order valence-corrected chi connectivity index (χ3v) is 7.27. The Labute approximate surface area is 206 Å². The lowest BCUT2D eigenvalue weighted by Gasteiger charge is -2.15. The third-order valence-electron chi connectivity index (χ3n) is 5.42. The highest BCUT2D eigenvalue weighted by Crippen LogP contribution is 2.32. The minimum absolute atomic E-state index is 0.159. The Morgan fingerprint density at radius 1 is 0.839 bits per heavy atom. The number of aryl methyl sites for hydroxylation is 1. The van der Waals surface area contributed by atoms with Crippen LogP contribution in [0.15, 0.2) is 68.0 Å². The maximum Gasteiger partial charge on any atom is 0.256 e. The molecule has 1 N–H and O–H groups in total. The summed E-state index contributed by atoms with van der Waals surface area (Å²) in [7, 11) is 0. The Morgan fingerprint density at radius 3 is 2.26 bits per heavy atom. The molecule has 0 spiro atoms. The molecule has 0 unspecified atom stereocenters. The zero-order valence-corrected chi connectivity index (χ0v) is 21.9. The quantitative estimate of drug-likeness (QED) is 0.256. The first kappa shape index (κ1) is 22.2. The number of pyridine rings is 1. The second-order valence-corrected chi connectivity index (χ2v) is 10.2. The van der Waals surface area contributed by atoms with Crippen LogP contribution >= 0.6 is 47.8 Å². The second-order valence-electron chi connectivity index (χ2n) is 7.48. The molecule has 4 rings (SSSR count). The van der Waals surface area contributed by atoms with Gasteiger partial charge in [0.25, 0.3) is 5.91 Å². The van der Waals surface area contributed by atoms with Gasteiger partial charge in [0.2, 0.25) is 0 Å². The number of aromatic nitrogens is 1. The first-order chi connectivity index (χ1) is 14.7. The van der Waals surface area contributed by atoms with Crippen LogP contribution in [-0.2, 0) is 0 Å². The summed E-state index contributed by atoms with van der Waals surface area (Å²) >= 11 is 10.6. The number of halogens is 3. The van der Waals surface area contributed by atoms with Crippen LogP contribution in [0.1, 0.15) is 27.0 Å². The molecule has 0 radical (unpaired) electrons. The molecule has 0 fully saturated rings. The molecule has 4 aromatic rings. The standard InChI is InChI=1S/C25H19Br3N2O/c1-13-10-18(27)11-19-20(25(31)30-22-9-8-21(28)14(2)15(22)3)12-23(29-24(13)19)16-4-6-17(26)7-5-16/h4-12H,1-3H3,(H,30,31). The van der Waals surface area contributed by atoms with Crippen molar-refractivity contribution in [1.82, 2.24) is 4.98 Å². The minimum atomic E-state index is -0.159. The van der Waals surface area contributed by atoms with Crippen LogP contribution in [0, 0.1) is 20.8 Å². The number of amides is 1. The molecule has 156 valence electrons. The molecule has 0 aliphatic rings. The highest BCUT2D eigenvalue weighted by atomic mass is 79.9. The molecule has 3 nitrogen and oxygen atoms in total. The van der Waals surface area contributed by atoms with E-state index in [0.29, 0.717) is 5.56 Å². The first-order valence-electron chi connectivity index (χ1n) is 9.68. The highest BCUT2D eigenvalue weighted by molar-refractivity contribution is 9.11. The van der Waals surface area contributed by atoms with Gasteiger partial charge < -0.3 is 5.32 Å². The van der Waals surface area contributed by atoms with E-state index in [1.807, 2.05) is 75.4 Å². The molecule has 1 aromatic heterocycles. The Hall–Kier alpha value is -2.02. The Balaban J connectivity index is 1.88. The summed E-state index contributed by atoms with van der Waals surface area (Å²) in [6.45, 7) is 6.05. The monoisotopic (exact) mass is 600 g/mol. The molecule has 1 heterocycles. The molecular formula is C25H19Br3N2O. The SMILES string of the molecule is Cc1c(Br)ccc(NC(=O)c2cc(-c3ccc(Br)cc3)nc3c(C)cc(Br)cc23)c1C. The number of hydrogen-bond acceptors (Lipinski definition) is 2. The zero-order valence-electron chi connectivity index (χ0n) is 17.2. The normalized spacial score (nSPS) is 11.0. The fourth-order valence-electron chi connectivity index (χ4n) is 3.53. The predicted octanol–water partition coefficient (Wildman–Crippen LogP) is 8.37. The summed E-state index contributed by atoms with van der Waals surface area (Å²) in [4.78, 5) is 18.4. The van der Waals surface area contributed by atoms with Crippen LogP contribution in [0.5, 0.6) is 0 Å². The van der Waals surface area contributed by atoms with Crippen LogP contribution < -0.4 is 5.32 Å². The van der Waals surface area contributed by atoms with E-state index in [-0.39, 0.29) is 5.91 Å². The van der Waals surface area contributed by atoms with Crippen molar-refractivity contribution in [1.29, 1.82) is 0 Å². The molecule has 0 aliphatic heterocycles. The van der Waals surface area contributed by atoms with E-state index in [1.165, 1.54) is 0 Å². The van der Waals surface area contributed by atoms with Gasteiger partial charge in [-0.15, -0.1) is 0 Å². The minimum Gasteiger partial charge on any atom is -0.322 e. The average molecular weight is 603 g/mol. The molecule has 0 bridgehead atoms. The van der Waals surface area contributed by atoms with Gasteiger partial charge in [0.1, 0.15) is 0 Å². The maximum atomic E-state index is 13.5. The molecule has 1 amide bonds. The molecule has 3 aromatic carbocycles. The summed E-state index contributed by atoms with van der Waals surface area (Å²) < 4.78 is 2.94. The van der Waals surface area contributed by atoms with E-state index in [9.17, 15) is 4.79 Å². The van der Waals surface area contributed by atoms with Crippen LogP contribution in [0.25, 0.3) is 22.2 Å². The summed E-state index contributed by atoms with van der Waals surface area (Å²) in [6, 6.07) is 17.7. The van der Waals surface area contributed by atoms with Crippen LogP contribution in [0.2, 0.25) is 0 Å². The highest BCUT2D eigenvalue weighted by Gasteiger charge is 2.17. The molecular weight excluding hydrogens is 584 g/mol. The van der Waals surface area contributed by atoms with Crippen molar-refractivity contribution in [3.63, 3.8) is 0 Å². The third kappa shape index (κ3) is 4.47. The van der Waals surface area contributed by atoms with Crippen LogP contribution in [0.3, 0.4) is 0 Å². The number of nitrogens with one attached hydrogen (secondary N) is 1. The predicted molar refractivity (Wildman–Crippen MR) is 139 cm³/mol. The van der Waals surface area contributed by atoms with Gasteiger partial charge in [-0.1, -0.05) is 59.9 Å². The molecule has 0 saturated heterocycles. The van der Waals surface area contributed by atoms with Gasteiger partial charge in [0, 0.05) is 30.1 Å². The van der Waals surface area contributed by atoms with E-state index >= 15 is 0 Å². The maximum absolute atomic E-state index is 13.5. The number of carbonyl (C=O) groups excluding carboxylic acids is 1. The number of carbonyl (C=O) groups is 1. The van der Waals surface area contributed by atoms with E-state index in [1.54, 1.807) is 0 Å². The van der Waals surface area contributed by atoms with Crippen LogP contribution in [0.4, 0.5) is 5.69 Å². The van der Waals surface area contributed by atoms with Crippen molar-refractivity contribution in [3.05, 3.63) is 90.3 Å². The van der Waals surface area contributed by atoms with Crippen molar-refractivity contribution in [2.45, 2.75) is 20.8 Å². The van der Waals surface area contributed by atoms with E-state index in [2.05, 4.69) is 53.1 Å². The number of hydrogen-bond donors (Lipinski definition) is 1. The Morgan fingerprint density at radius 2 is 1.55 bits per heavy atom. The topological polar surface area (TPSA) is 42.0 Å². The molecule has 0 saturated carbocycles. The number of fused-ring (bicyclic) bond motifs is 1. The zero-order chi connectivity index (χ0) is 22.3. The smallest absolute Gasteiger partial charge is 0.256 e. The summed E-state index contributed by atoms with van der Waals surface area (Å²) in [5.41, 5.74) is 7.07. The number of anilines is 1. The van der Waals surface area contributed by atoms with Crippen molar-refractivity contribution in [2.24, 2.45) is 0 Å². The van der Waals surface area contributed by atoms with E-state index < -0.39 is 0 Å². The Kier molecular flexibility index (Phi) is 6.33. The average Bonchev–Trinajstić information content (AvgIpc) is 2.74. The van der Waals surface area contributed by atoms with Crippen molar-refractivity contribution in [2.75, 3.05) is 5.32 Å². The molecule has 31 heavy (non-hydrogen) atoms.